The van der Waals surface area contributed by atoms with Crippen molar-refractivity contribution in [1.29, 1.82) is 0 Å². The van der Waals surface area contributed by atoms with E-state index < -0.39 is 58.0 Å². The van der Waals surface area contributed by atoms with E-state index in [9.17, 15) is 34.8 Å². The average Bonchev–Trinajstić information content (AvgIpc) is 2.86. The molecule has 38 heavy (non-hydrogen) atoms. The number of primary amides is 1. The number of aromatic hydroxyl groups is 1. The molecule has 0 radical (unpaired) electrons. The van der Waals surface area contributed by atoms with Gasteiger partial charge in [0.25, 0.3) is 5.91 Å². The Bertz CT molecular complexity index is 1480. The van der Waals surface area contributed by atoms with E-state index in [0.717, 1.165) is 0 Å². The normalized spacial score (nSPS) is 26.7. The smallest absolute Gasteiger partial charge is 0.255 e. The van der Waals surface area contributed by atoms with Gasteiger partial charge in [0.1, 0.15) is 28.6 Å². The molecule has 0 spiro atoms. The summed E-state index contributed by atoms with van der Waals surface area (Å²) in [5.41, 5.74) is 3.37. The number of nitrogens with two attached hydrogens (primary N) is 1. The van der Waals surface area contributed by atoms with Gasteiger partial charge in [0, 0.05) is 29.4 Å². The molecule has 11 heteroatoms. The fraction of sp³-hybridized carbons (Fsp3) is 0.333. The van der Waals surface area contributed by atoms with Crippen molar-refractivity contribution in [3.63, 3.8) is 0 Å². The molecular formula is C27H27N3O8. The third kappa shape index (κ3) is 3.28. The van der Waals surface area contributed by atoms with Gasteiger partial charge in [0.15, 0.2) is 11.4 Å². The highest BCUT2D eigenvalue weighted by molar-refractivity contribution is 6.24. The lowest BCUT2D eigenvalue weighted by molar-refractivity contribution is -0.153. The van der Waals surface area contributed by atoms with Crippen LogP contribution in [-0.4, -0.2) is 80.6 Å². The number of aliphatic hydroxyl groups excluding tert-OH is 2. The third-order valence-electron chi connectivity index (χ3n) is 7.90. The van der Waals surface area contributed by atoms with Crippen molar-refractivity contribution in [1.82, 2.24) is 9.88 Å². The number of aromatic nitrogens is 1. The summed E-state index contributed by atoms with van der Waals surface area (Å²) in [6.07, 6.45) is 3.32. The number of likely N-dealkylation sites (N-methyl/N-ethyl adjacent to an activating group) is 1. The number of ketones is 2. The number of amides is 1. The number of aliphatic hydroxyl groups is 3. The molecule has 0 saturated heterocycles. The average molecular weight is 522 g/mol. The molecule has 11 nitrogen and oxygen atoms in total. The monoisotopic (exact) mass is 521 g/mol. The van der Waals surface area contributed by atoms with Crippen molar-refractivity contribution in [3.05, 3.63) is 58.6 Å². The van der Waals surface area contributed by atoms with Gasteiger partial charge in [-0.1, -0.05) is 6.07 Å². The van der Waals surface area contributed by atoms with E-state index in [1.54, 1.807) is 38.6 Å². The number of carbonyl (C=O) groups is 3. The molecule has 3 aliphatic rings. The molecule has 1 unspecified atom stereocenters. The molecule has 4 atom stereocenters. The molecule has 1 saturated carbocycles. The Morgan fingerprint density at radius 3 is 2.50 bits per heavy atom. The highest BCUT2D eigenvalue weighted by atomic mass is 16.5. The van der Waals surface area contributed by atoms with Crippen LogP contribution in [0.2, 0.25) is 0 Å². The molecule has 3 aliphatic carbocycles. The van der Waals surface area contributed by atoms with E-state index >= 15 is 0 Å². The van der Waals surface area contributed by atoms with Crippen molar-refractivity contribution in [3.8, 4) is 22.6 Å². The molecule has 5 rings (SSSR count). The fourth-order valence-corrected chi connectivity index (χ4v) is 6.26. The molecule has 1 fully saturated rings. The Morgan fingerprint density at radius 2 is 1.87 bits per heavy atom. The second-order valence-electron chi connectivity index (χ2n) is 10.0. The number of ether oxygens (including phenoxy) is 1. The van der Waals surface area contributed by atoms with Gasteiger partial charge in [-0.3, -0.25) is 24.3 Å². The molecule has 1 amide bonds. The van der Waals surface area contributed by atoms with Crippen LogP contribution in [0.3, 0.4) is 0 Å². The number of phenols is 1. The first-order valence-electron chi connectivity index (χ1n) is 11.9. The number of benzene rings is 1. The molecule has 1 heterocycles. The lowest BCUT2D eigenvalue weighted by Crippen LogP contribution is -2.65. The summed E-state index contributed by atoms with van der Waals surface area (Å²) < 4.78 is 5.47. The van der Waals surface area contributed by atoms with Gasteiger partial charge in [0.2, 0.25) is 5.78 Å². The highest BCUT2D eigenvalue weighted by Gasteiger charge is 2.64. The van der Waals surface area contributed by atoms with Crippen molar-refractivity contribution in [2.45, 2.75) is 24.5 Å². The van der Waals surface area contributed by atoms with Crippen molar-refractivity contribution in [2.24, 2.45) is 17.6 Å². The zero-order valence-corrected chi connectivity index (χ0v) is 20.9. The van der Waals surface area contributed by atoms with Crippen LogP contribution < -0.4 is 10.5 Å². The van der Waals surface area contributed by atoms with Gasteiger partial charge in [-0.05, 0) is 56.1 Å². The maximum Gasteiger partial charge on any atom is 0.255 e. The number of hydrogen-bond donors (Lipinski definition) is 5. The van der Waals surface area contributed by atoms with Crippen LogP contribution >= 0.6 is 0 Å². The molecule has 0 bridgehead atoms. The summed E-state index contributed by atoms with van der Waals surface area (Å²) in [5.74, 6) is -6.40. The first-order valence-corrected chi connectivity index (χ1v) is 11.9. The van der Waals surface area contributed by atoms with Gasteiger partial charge in [-0.15, -0.1) is 0 Å². The Labute approximate surface area is 217 Å². The van der Waals surface area contributed by atoms with Crippen LogP contribution in [0.4, 0.5) is 0 Å². The molecule has 198 valence electrons. The number of nitrogens with zero attached hydrogens (tertiary/aromatic N) is 2. The maximum atomic E-state index is 13.9. The summed E-state index contributed by atoms with van der Waals surface area (Å²) in [6, 6.07) is 3.55. The van der Waals surface area contributed by atoms with Crippen molar-refractivity contribution >= 4 is 23.2 Å². The van der Waals surface area contributed by atoms with E-state index in [1.807, 2.05) is 0 Å². The Kier molecular flexibility index (Phi) is 5.80. The van der Waals surface area contributed by atoms with Gasteiger partial charge in [-0.25, -0.2) is 0 Å². The number of rotatable bonds is 4. The van der Waals surface area contributed by atoms with Crippen LogP contribution in [0.15, 0.2) is 47.5 Å². The number of Topliss-reactive ketones (excluding diaryl/α,β-unsaturated/α-hetero) is 2. The molecule has 1 aromatic carbocycles. The number of methoxy groups -OCH3 is 1. The zero-order valence-electron chi connectivity index (χ0n) is 20.9. The summed E-state index contributed by atoms with van der Waals surface area (Å²) in [4.78, 5) is 44.8. The molecule has 0 aliphatic heterocycles. The minimum Gasteiger partial charge on any atom is -0.508 e. The zero-order chi connectivity index (χ0) is 27.7. The quantitative estimate of drug-likeness (QED) is 0.364. The second-order valence-corrected chi connectivity index (χ2v) is 10.0. The standard InChI is InChI=1S/C27H27N3O8/c1-30(2)21-15-9-11-8-13-12(14-10-29-7-6-17(14)38-3)4-5-16(31)19(13)22(32)18(11)24(34)27(15,37)25(35)20(23(21)33)26(28)36/h4-7,10-11,15,21,31-32,35,37H,8-9H2,1-3H3,(H2,28,36)/t11-,15?,21-,27-/m0/s1. The highest BCUT2D eigenvalue weighted by Crippen LogP contribution is 2.53. The molecular weight excluding hydrogens is 494 g/mol. The van der Waals surface area contributed by atoms with Gasteiger partial charge in [-0.2, -0.15) is 0 Å². The topological polar surface area (TPSA) is 184 Å². The number of phenolic OH excluding ortho intramolecular Hbond substituents is 1. The Morgan fingerprint density at radius 1 is 1.16 bits per heavy atom. The largest absolute Gasteiger partial charge is 0.508 e. The van der Waals surface area contributed by atoms with E-state index in [-0.39, 0.29) is 29.7 Å². The maximum absolute atomic E-state index is 13.9. The van der Waals surface area contributed by atoms with E-state index in [2.05, 4.69) is 4.98 Å². The van der Waals surface area contributed by atoms with Crippen molar-refractivity contribution < 1.29 is 39.5 Å². The molecule has 6 N–H and O–H groups in total. The van der Waals surface area contributed by atoms with Crippen LogP contribution in [0.5, 0.6) is 11.5 Å². The van der Waals surface area contributed by atoms with Gasteiger partial charge in [0.05, 0.1) is 18.7 Å². The SMILES string of the molecule is COc1ccncc1-c1ccc(O)c2c1C[C@H]1CC3[C@H](N(C)C)C(=O)C(C(N)=O)=C(O)[C@@]3(O)C(=O)C1=C2O. The minimum atomic E-state index is -2.68. The summed E-state index contributed by atoms with van der Waals surface area (Å²) in [6.45, 7) is 0. The predicted octanol–water partition coefficient (Wildman–Crippen LogP) is 1.03. The van der Waals surface area contributed by atoms with Gasteiger partial charge >= 0.3 is 0 Å². The Balaban J connectivity index is 1.75. The number of carbonyl (C=O) groups excluding carboxylic acids is 3. The number of pyridine rings is 1. The number of hydrogen-bond acceptors (Lipinski definition) is 10. The summed E-state index contributed by atoms with van der Waals surface area (Å²) >= 11 is 0. The van der Waals surface area contributed by atoms with E-state index in [0.29, 0.717) is 22.4 Å². The summed E-state index contributed by atoms with van der Waals surface area (Å²) in [5, 5.41) is 44.7. The number of fused-ring (bicyclic) bond motifs is 3. The lowest BCUT2D eigenvalue weighted by Gasteiger charge is -2.50. The summed E-state index contributed by atoms with van der Waals surface area (Å²) in [7, 11) is 4.61. The van der Waals surface area contributed by atoms with Crippen LogP contribution in [0.25, 0.3) is 16.9 Å². The van der Waals surface area contributed by atoms with Crippen molar-refractivity contribution in [2.75, 3.05) is 21.2 Å². The van der Waals surface area contributed by atoms with E-state index in [4.69, 9.17) is 10.5 Å². The first kappa shape index (κ1) is 25.4. The second kappa shape index (κ2) is 8.67. The Hall–Kier alpha value is -4.22. The van der Waals surface area contributed by atoms with Gasteiger partial charge < -0.3 is 30.9 Å². The molecule has 1 aromatic heterocycles. The van der Waals surface area contributed by atoms with Crippen LogP contribution in [-0.2, 0) is 20.8 Å². The van der Waals surface area contributed by atoms with E-state index in [1.165, 1.54) is 18.1 Å². The minimum absolute atomic E-state index is 0.00435. The molecule has 2 aromatic rings. The first-order chi connectivity index (χ1) is 17.9. The predicted molar refractivity (Wildman–Crippen MR) is 134 cm³/mol. The van der Waals surface area contributed by atoms with Crippen LogP contribution in [0.1, 0.15) is 17.5 Å². The lowest BCUT2D eigenvalue weighted by atomic mass is 9.57. The third-order valence-corrected chi connectivity index (χ3v) is 7.90. The van der Waals surface area contributed by atoms with Crippen LogP contribution in [0, 0.1) is 11.8 Å². The fourth-order valence-electron chi connectivity index (χ4n) is 6.26.